The Morgan fingerprint density at radius 2 is 1.82 bits per heavy atom. The van der Waals surface area contributed by atoms with Gasteiger partial charge in [-0.05, 0) is 18.9 Å². The summed E-state index contributed by atoms with van der Waals surface area (Å²) in [6.07, 6.45) is 1.62. The van der Waals surface area contributed by atoms with Crippen molar-refractivity contribution in [2.75, 3.05) is 5.75 Å². The molecule has 0 heterocycles. The number of rotatable bonds is 6. The average molecular weight is 252 g/mol. The van der Waals surface area contributed by atoms with Crippen LogP contribution in [0, 0.1) is 12.3 Å². The summed E-state index contributed by atoms with van der Waals surface area (Å²) in [6.45, 7) is 5.79. The molecule has 0 fully saturated rings. The van der Waals surface area contributed by atoms with E-state index in [0.29, 0.717) is 17.9 Å². The number of aryl methyl sites for hydroxylation is 1. The molecule has 0 aliphatic rings. The van der Waals surface area contributed by atoms with Crippen molar-refractivity contribution in [3.63, 3.8) is 0 Å². The molecule has 1 atom stereocenters. The minimum Gasteiger partial charge on any atom is -0.303 e. The van der Waals surface area contributed by atoms with Gasteiger partial charge in [0, 0.05) is 27.7 Å². The van der Waals surface area contributed by atoms with Crippen molar-refractivity contribution in [2.45, 2.75) is 32.9 Å². The second-order valence-electron chi connectivity index (χ2n) is 5.13. The average Bonchev–Trinajstić information content (AvgIpc) is 2.30. The largest absolute Gasteiger partial charge is 0.303 e. The number of carbonyl (C=O) groups excluding carboxylic acids is 1. The summed E-state index contributed by atoms with van der Waals surface area (Å²) in [6, 6.07) is 8.08. The van der Waals surface area contributed by atoms with Crippen molar-refractivity contribution in [1.29, 1.82) is 0 Å². The van der Waals surface area contributed by atoms with Gasteiger partial charge in [-0.25, -0.2) is 0 Å². The summed E-state index contributed by atoms with van der Waals surface area (Å²) in [5, 5.41) is 0. The van der Waals surface area contributed by atoms with E-state index in [0.717, 1.165) is 11.8 Å². The highest BCUT2D eigenvalue weighted by Crippen LogP contribution is 2.17. The predicted molar refractivity (Wildman–Crippen MR) is 72.4 cm³/mol. The summed E-state index contributed by atoms with van der Waals surface area (Å²) >= 11 is 0. The van der Waals surface area contributed by atoms with Gasteiger partial charge in [-0.1, -0.05) is 43.7 Å². The van der Waals surface area contributed by atoms with E-state index >= 15 is 0 Å². The minimum absolute atomic E-state index is 0.358. The lowest BCUT2D eigenvalue weighted by Gasteiger charge is -2.15. The van der Waals surface area contributed by atoms with E-state index in [2.05, 4.69) is 0 Å². The Hall–Kier alpha value is -0.960. The molecule has 0 aliphatic carbocycles. The predicted octanol–water partition coefficient (Wildman–Crippen LogP) is 2.86. The molecule has 0 saturated heterocycles. The molecule has 0 N–H and O–H groups in total. The first-order valence-electron chi connectivity index (χ1n) is 5.80. The fourth-order valence-corrected chi connectivity index (χ4v) is 2.84. The molecule has 17 heavy (non-hydrogen) atoms. The minimum atomic E-state index is -0.885. The summed E-state index contributed by atoms with van der Waals surface area (Å²) < 4.78 is 11.9. The molecule has 94 valence electrons. The summed E-state index contributed by atoms with van der Waals surface area (Å²) in [7, 11) is -0.885. The second-order valence-corrected chi connectivity index (χ2v) is 6.71. The molecule has 0 aliphatic heterocycles. The Kier molecular flexibility index (Phi) is 5.06. The van der Waals surface area contributed by atoms with Crippen LogP contribution in [0.2, 0.25) is 0 Å². The van der Waals surface area contributed by atoms with Crippen LogP contribution >= 0.6 is 0 Å². The van der Waals surface area contributed by atoms with Crippen LogP contribution in [0.1, 0.15) is 31.4 Å². The first kappa shape index (κ1) is 14.1. The molecule has 0 bridgehead atoms. The molecule has 1 rings (SSSR count). The molecule has 0 aromatic heterocycles. The van der Waals surface area contributed by atoms with E-state index in [4.69, 9.17) is 0 Å². The SMILES string of the molecule is Cc1ccc(CS(=O)CCC(C)(C)C=O)cc1. The van der Waals surface area contributed by atoms with Gasteiger partial charge in [-0.15, -0.1) is 0 Å². The van der Waals surface area contributed by atoms with Crippen LogP contribution in [0.15, 0.2) is 24.3 Å². The van der Waals surface area contributed by atoms with Gasteiger partial charge in [-0.3, -0.25) is 4.21 Å². The van der Waals surface area contributed by atoms with Crippen molar-refractivity contribution in [3.8, 4) is 0 Å². The van der Waals surface area contributed by atoms with Gasteiger partial charge in [-0.2, -0.15) is 0 Å². The van der Waals surface area contributed by atoms with Gasteiger partial charge in [0.05, 0.1) is 0 Å². The van der Waals surface area contributed by atoms with Gasteiger partial charge < -0.3 is 4.79 Å². The van der Waals surface area contributed by atoms with Gasteiger partial charge in [0.1, 0.15) is 6.29 Å². The van der Waals surface area contributed by atoms with Crippen molar-refractivity contribution in [2.24, 2.45) is 5.41 Å². The number of benzene rings is 1. The number of aldehydes is 1. The number of carbonyl (C=O) groups is 1. The Morgan fingerprint density at radius 3 is 2.35 bits per heavy atom. The molecule has 2 nitrogen and oxygen atoms in total. The first-order chi connectivity index (χ1) is 7.93. The Morgan fingerprint density at radius 1 is 1.24 bits per heavy atom. The Labute approximate surface area is 106 Å². The lowest BCUT2D eigenvalue weighted by atomic mass is 9.93. The van der Waals surface area contributed by atoms with Crippen molar-refractivity contribution < 1.29 is 9.00 Å². The van der Waals surface area contributed by atoms with Gasteiger partial charge >= 0.3 is 0 Å². The summed E-state index contributed by atoms with van der Waals surface area (Å²) in [5.41, 5.74) is 1.95. The first-order valence-corrected chi connectivity index (χ1v) is 7.28. The van der Waals surface area contributed by atoms with E-state index in [-0.39, 0.29) is 5.41 Å². The summed E-state index contributed by atoms with van der Waals surface area (Å²) in [4.78, 5) is 10.7. The fraction of sp³-hybridized carbons (Fsp3) is 0.500. The highest BCUT2D eigenvalue weighted by atomic mass is 32.2. The zero-order valence-electron chi connectivity index (χ0n) is 10.7. The van der Waals surface area contributed by atoms with Crippen LogP contribution in [-0.4, -0.2) is 16.2 Å². The van der Waals surface area contributed by atoms with Crippen molar-refractivity contribution >= 4 is 17.1 Å². The van der Waals surface area contributed by atoms with Crippen LogP contribution in [0.3, 0.4) is 0 Å². The van der Waals surface area contributed by atoms with Crippen LogP contribution < -0.4 is 0 Å². The molecule has 0 saturated carbocycles. The molecule has 0 spiro atoms. The van der Waals surface area contributed by atoms with Crippen LogP contribution in [0.25, 0.3) is 0 Å². The fourth-order valence-electron chi connectivity index (χ4n) is 1.38. The second kappa shape index (κ2) is 6.10. The quantitative estimate of drug-likeness (QED) is 0.730. The molecular formula is C14H20O2S. The lowest BCUT2D eigenvalue weighted by Crippen LogP contribution is -2.17. The molecule has 1 aromatic rings. The van der Waals surface area contributed by atoms with E-state index in [1.165, 1.54) is 5.56 Å². The third-order valence-electron chi connectivity index (χ3n) is 2.74. The van der Waals surface area contributed by atoms with Crippen LogP contribution in [0.4, 0.5) is 0 Å². The molecule has 3 heteroatoms. The van der Waals surface area contributed by atoms with Crippen LogP contribution in [-0.2, 0) is 21.3 Å². The van der Waals surface area contributed by atoms with Crippen molar-refractivity contribution in [3.05, 3.63) is 35.4 Å². The summed E-state index contributed by atoms with van der Waals surface area (Å²) in [5.74, 6) is 1.16. The zero-order chi connectivity index (χ0) is 12.9. The molecular weight excluding hydrogens is 232 g/mol. The third kappa shape index (κ3) is 5.26. The van der Waals surface area contributed by atoms with Crippen molar-refractivity contribution in [1.82, 2.24) is 0 Å². The van der Waals surface area contributed by atoms with Gasteiger partial charge in [0.15, 0.2) is 0 Å². The monoisotopic (exact) mass is 252 g/mol. The van der Waals surface area contributed by atoms with E-state index in [9.17, 15) is 9.00 Å². The molecule has 0 radical (unpaired) electrons. The van der Waals surface area contributed by atoms with E-state index in [1.807, 2.05) is 45.0 Å². The molecule has 1 unspecified atom stereocenters. The zero-order valence-corrected chi connectivity index (χ0v) is 11.5. The van der Waals surface area contributed by atoms with Gasteiger partial charge in [0.25, 0.3) is 0 Å². The maximum atomic E-state index is 11.9. The Bertz CT molecular complexity index is 393. The normalized spacial score (nSPS) is 13.4. The molecule has 0 amide bonds. The molecule has 1 aromatic carbocycles. The maximum Gasteiger partial charge on any atom is 0.125 e. The lowest BCUT2D eigenvalue weighted by molar-refractivity contribution is -0.114. The number of hydrogen-bond acceptors (Lipinski definition) is 2. The highest BCUT2D eigenvalue weighted by Gasteiger charge is 2.17. The van der Waals surface area contributed by atoms with E-state index < -0.39 is 10.8 Å². The standard InChI is InChI=1S/C14H20O2S/c1-12-4-6-13(7-5-12)10-17(16)9-8-14(2,3)11-15/h4-7,11H,8-10H2,1-3H3. The topological polar surface area (TPSA) is 34.1 Å². The maximum absolute atomic E-state index is 11.9. The highest BCUT2D eigenvalue weighted by molar-refractivity contribution is 7.84. The number of hydrogen-bond donors (Lipinski definition) is 0. The van der Waals surface area contributed by atoms with Crippen LogP contribution in [0.5, 0.6) is 0 Å². The van der Waals surface area contributed by atoms with Gasteiger partial charge in [0.2, 0.25) is 0 Å². The third-order valence-corrected chi connectivity index (χ3v) is 4.06. The smallest absolute Gasteiger partial charge is 0.125 e. The van der Waals surface area contributed by atoms with E-state index in [1.54, 1.807) is 0 Å². The Balaban J connectivity index is 2.45.